The van der Waals surface area contributed by atoms with E-state index in [1.807, 2.05) is 37.3 Å². The van der Waals surface area contributed by atoms with Crippen LogP contribution in [0.25, 0.3) is 0 Å². The van der Waals surface area contributed by atoms with Gasteiger partial charge in [0.05, 0.1) is 0 Å². The van der Waals surface area contributed by atoms with Crippen LogP contribution in [0, 0.1) is 0 Å². The van der Waals surface area contributed by atoms with E-state index in [4.69, 9.17) is 4.74 Å². The van der Waals surface area contributed by atoms with Gasteiger partial charge < -0.3 is 0 Å². The van der Waals surface area contributed by atoms with E-state index in [1.165, 1.54) is 4.46 Å². The molecule has 0 saturated carbocycles. The summed E-state index contributed by atoms with van der Waals surface area (Å²) in [6, 6.07) is 10.0. The molecule has 0 heterocycles. The third kappa shape index (κ3) is 5.74. The van der Waals surface area contributed by atoms with Gasteiger partial charge in [0, 0.05) is 0 Å². The van der Waals surface area contributed by atoms with Gasteiger partial charge in [0.2, 0.25) is 0 Å². The third-order valence-corrected chi connectivity index (χ3v) is 3.96. The molecular formula is C13H16O2Se. The van der Waals surface area contributed by atoms with Gasteiger partial charge in [0.25, 0.3) is 0 Å². The molecule has 16 heavy (non-hydrogen) atoms. The molecular weight excluding hydrogens is 267 g/mol. The van der Waals surface area contributed by atoms with Crippen LogP contribution in [-0.4, -0.2) is 27.5 Å². The first kappa shape index (κ1) is 13.0. The molecule has 0 aromatic heterocycles. The maximum absolute atomic E-state index is 11.4. The van der Waals surface area contributed by atoms with Crippen LogP contribution in [0.4, 0.5) is 0 Å². The summed E-state index contributed by atoms with van der Waals surface area (Å²) in [6.07, 6.45) is 0.754. The van der Waals surface area contributed by atoms with Gasteiger partial charge in [-0.1, -0.05) is 0 Å². The molecule has 86 valence electrons. The van der Waals surface area contributed by atoms with E-state index in [0.717, 1.165) is 12.0 Å². The van der Waals surface area contributed by atoms with E-state index in [2.05, 4.69) is 6.58 Å². The predicted octanol–water partition coefficient (Wildman–Crippen LogP) is 1.94. The van der Waals surface area contributed by atoms with Crippen molar-refractivity contribution in [3.63, 3.8) is 0 Å². The van der Waals surface area contributed by atoms with Crippen LogP contribution in [-0.2, 0) is 9.53 Å². The number of benzene rings is 1. The number of carbonyl (C=O) groups is 1. The topological polar surface area (TPSA) is 26.3 Å². The first-order valence-corrected chi connectivity index (χ1v) is 7.23. The number of esters is 1. The Morgan fingerprint density at radius 1 is 1.38 bits per heavy atom. The van der Waals surface area contributed by atoms with E-state index in [9.17, 15) is 4.79 Å². The molecule has 0 radical (unpaired) electrons. The molecule has 1 rings (SSSR count). The Morgan fingerprint density at radius 3 is 2.69 bits per heavy atom. The van der Waals surface area contributed by atoms with Gasteiger partial charge >= 0.3 is 103 Å². The second-order valence-corrected chi connectivity index (χ2v) is 5.73. The van der Waals surface area contributed by atoms with Gasteiger partial charge in [-0.25, -0.2) is 0 Å². The number of hydrogen-bond donors (Lipinski definition) is 0. The van der Waals surface area contributed by atoms with E-state index in [-0.39, 0.29) is 20.9 Å². The summed E-state index contributed by atoms with van der Waals surface area (Å²) < 4.78 is 6.32. The zero-order valence-corrected chi connectivity index (χ0v) is 11.2. The van der Waals surface area contributed by atoms with Crippen molar-refractivity contribution in [3.8, 4) is 0 Å². The van der Waals surface area contributed by atoms with Crippen LogP contribution in [0.2, 0.25) is 5.32 Å². The molecule has 1 aromatic rings. The molecule has 0 fully saturated rings. The Balaban J connectivity index is 2.18. The Bertz CT molecular complexity index is 346. The van der Waals surface area contributed by atoms with Gasteiger partial charge in [-0.3, -0.25) is 0 Å². The average molecular weight is 283 g/mol. The molecule has 0 saturated heterocycles. The minimum atomic E-state index is -0.106. The summed E-state index contributed by atoms with van der Waals surface area (Å²) in [5.41, 5.74) is 1.04. The fraction of sp³-hybridized carbons (Fsp3) is 0.308. The van der Waals surface area contributed by atoms with E-state index >= 15 is 0 Å². The summed E-state index contributed by atoms with van der Waals surface area (Å²) in [5.74, 6) is -0.106. The number of hydrogen-bond acceptors (Lipinski definition) is 2. The van der Waals surface area contributed by atoms with Gasteiger partial charge in [-0.2, -0.15) is 0 Å². The Hall–Kier alpha value is -1.05. The molecule has 0 aliphatic rings. The summed E-state index contributed by atoms with van der Waals surface area (Å²) in [7, 11) is 0. The summed E-state index contributed by atoms with van der Waals surface area (Å²) in [4.78, 5) is 11.4. The average Bonchev–Trinajstić information content (AvgIpc) is 2.27. The molecule has 0 atom stereocenters. The van der Waals surface area contributed by atoms with Gasteiger partial charge in [-0.05, 0) is 0 Å². The van der Waals surface area contributed by atoms with E-state index in [1.54, 1.807) is 0 Å². The van der Waals surface area contributed by atoms with Crippen molar-refractivity contribution in [2.75, 3.05) is 6.61 Å². The number of ether oxygens (including phenoxy) is 1. The molecule has 0 spiro atoms. The second kappa shape index (κ2) is 7.26. The second-order valence-electron chi connectivity index (χ2n) is 3.53. The molecule has 0 unspecified atom stereocenters. The zero-order valence-electron chi connectivity index (χ0n) is 9.44. The van der Waals surface area contributed by atoms with Crippen LogP contribution in [0.1, 0.15) is 13.3 Å². The summed E-state index contributed by atoms with van der Waals surface area (Å²) in [6.45, 7) is 6.15. The van der Waals surface area contributed by atoms with Gasteiger partial charge in [-0.15, -0.1) is 0 Å². The van der Waals surface area contributed by atoms with Crippen LogP contribution in [0.15, 0.2) is 42.5 Å². The fourth-order valence-electron chi connectivity index (χ4n) is 1.04. The summed E-state index contributed by atoms with van der Waals surface area (Å²) in [5, 5.41) is 0.507. The standard InChI is InChI=1S/C13H16O2Se/c1-11(2)8-9-15-13(14)10-16-12-6-4-3-5-7-12/h3-7H,1,8-10H2,2H3. The number of carbonyl (C=O) groups excluding carboxylic acids is 1. The van der Waals surface area contributed by atoms with Gasteiger partial charge in [0.1, 0.15) is 0 Å². The molecule has 0 bridgehead atoms. The maximum atomic E-state index is 11.4. The van der Waals surface area contributed by atoms with Crippen molar-refractivity contribution < 1.29 is 9.53 Å². The first-order chi connectivity index (χ1) is 7.68. The SMILES string of the molecule is C=C(C)CCOC(=O)C[Se]c1ccccc1. The van der Waals surface area contributed by atoms with Crippen molar-refractivity contribution in [2.45, 2.75) is 18.7 Å². The normalized spacial score (nSPS) is 9.81. The summed E-state index contributed by atoms with van der Waals surface area (Å²) >= 11 is 0.182. The van der Waals surface area contributed by atoms with Crippen molar-refractivity contribution in [1.82, 2.24) is 0 Å². The van der Waals surface area contributed by atoms with E-state index < -0.39 is 0 Å². The molecule has 0 amide bonds. The Labute approximate surface area is 103 Å². The first-order valence-electron chi connectivity index (χ1n) is 5.16. The third-order valence-electron chi connectivity index (χ3n) is 1.89. The van der Waals surface area contributed by atoms with Crippen molar-refractivity contribution >= 4 is 25.4 Å². The molecule has 2 nitrogen and oxygen atoms in total. The van der Waals surface area contributed by atoms with Crippen molar-refractivity contribution in [2.24, 2.45) is 0 Å². The minimum absolute atomic E-state index is 0.106. The van der Waals surface area contributed by atoms with Crippen molar-refractivity contribution in [3.05, 3.63) is 42.5 Å². The van der Waals surface area contributed by atoms with Crippen LogP contribution in [0.3, 0.4) is 0 Å². The van der Waals surface area contributed by atoms with Crippen molar-refractivity contribution in [1.29, 1.82) is 0 Å². The van der Waals surface area contributed by atoms with Crippen LogP contribution < -0.4 is 4.46 Å². The molecule has 0 aliphatic heterocycles. The molecule has 3 heteroatoms. The Kier molecular flexibility index (Phi) is 5.91. The van der Waals surface area contributed by atoms with Gasteiger partial charge in [0.15, 0.2) is 0 Å². The number of rotatable bonds is 6. The molecule has 1 aromatic carbocycles. The van der Waals surface area contributed by atoms with Crippen LogP contribution in [0.5, 0.6) is 0 Å². The predicted molar refractivity (Wildman–Crippen MR) is 67.0 cm³/mol. The Morgan fingerprint density at radius 2 is 2.06 bits per heavy atom. The molecule has 0 N–H and O–H groups in total. The fourth-order valence-corrected chi connectivity index (χ4v) is 2.54. The van der Waals surface area contributed by atoms with Crippen LogP contribution >= 0.6 is 0 Å². The monoisotopic (exact) mass is 284 g/mol. The molecule has 0 aliphatic carbocycles. The zero-order chi connectivity index (χ0) is 11.8. The quantitative estimate of drug-likeness (QED) is 0.453. The van der Waals surface area contributed by atoms with E-state index in [0.29, 0.717) is 11.9 Å².